The Kier molecular flexibility index (Phi) is 5.43. The first-order chi connectivity index (χ1) is 12.7. The quantitative estimate of drug-likeness (QED) is 0.742. The zero-order valence-electron chi connectivity index (χ0n) is 14.4. The van der Waals surface area contributed by atoms with E-state index in [2.05, 4.69) is 10.3 Å². The van der Waals surface area contributed by atoms with Crippen molar-refractivity contribution in [1.29, 1.82) is 0 Å². The predicted octanol–water partition coefficient (Wildman–Crippen LogP) is 2.88. The van der Waals surface area contributed by atoms with Crippen molar-refractivity contribution in [3.05, 3.63) is 89.6 Å². The minimum Gasteiger partial charge on any atom is -0.467 e. The molecule has 0 aliphatic carbocycles. The molecule has 1 N–H and O–H groups in total. The van der Waals surface area contributed by atoms with Gasteiger partial charge in [0.1, 0.15) is 5.76 Å². The number of hydrogen-bond acceptors (Lipinski definition) is 4. The van der Waals surface area contributed by atoms with Crippen molar-refractivity contribution in [2.45, 2.75) is 13.1 Å². The molecule has 0 spiro atoms. The van der Waals surface area contributed by atoms with Gasteiger partial charge in [-0.05, 0) is 42.0 Å². The van der Waals surface area contributed by atoms with Gasteiger partial charge in [0.05, 0.1) is 12.8 Å². The van der Waals surface area contributed by atoms with E-state index in [4.69, 9.17) is 4.42 Å². The normalized spacial score (nSPS) is 10.3. The third-order valence-electron chi connectivity index (χ3n) is 3.96. The number of furan rings is 1. The Morgan fingerprint density at radius 3 is 2.35 bits per heavy atom. The van der Waals surface area contributed by atoms with Crippen LogP contribution in [0, 0.1) is 0 Å². The van der Waals surface area contributed by atoms with Crippen molar-refractivity contribution in [3.63, 3.8) is 0 Å². The topological polar surface area (TPSA) is 75.4 Å². The lowest BCUT2D eigenvalue weighted by Gasteiger charge is -2.22. The lowest BCUT2D eigenvalue weighted by atomic mass is 10.1. The molecule has 6 nitrogen and oxygen atoms in total. The lowest BCUT2D eigenvalue weighted by molar-refractivity contribution is 0.0717. The van der Waals surface area contributed by atoms with Crippen LogP contribution in [0.15, 0.2) is 71.6 Å². The van der Waals surface area contributed by atoms with E-state index in [9.17, 15) is 9.59 Å². The van der Waals surface area contributed by atoms with Gasteiger partial charge in [-0.15, -0.1) is 0 Å². The summed E-state index contributed by atoms with van der Waals surface area (Å²) in [7, 11) is 1.59. The number of carbonyl (C=O) groups is 2. The van der Waals surface area contributed by atoms with Crippen LogP contribution in [0.4, 0.5) is 0 Å². The minimum atomic E-state index is -0.142. The van der Waals surface area contributed by atoms with Gasteiger partial charge in [0.2, 0.25) is 0 Å². The predicted molar refractivity (Wildman–Crippen MR) is 96.4 cm³/mol. The van der Waals surface area contributed by atoms with E-state index in [-0.39, 0.29) is 11.8 Å². The summed E-state index contributed by atoms with van der Waals surface area (Å²) in [5.74, 6) is 0.449. The standard InChI is InChI=1S/C20H19N3O3/c1-21-19(24)16-6-4-15(5-7-16)13-23(14-18-3-2-12-26-18)20(25)17-8-10-22-11-9-17/h2-12H,13-14H2,1H3,(H,21,24). The first kappa shape index (κ1) is 17.4. The number of hydrogen-bond donors (Lipinski definition) is 1. The van der Waals surface area contributed by atoms with E-state index < -0.39 is 0 Å². The highest BCUT2D eigenvalue weighted by molar-refractivity contribution is 5.94. The molecule has 6 heteroatoms. The highest BCUT2D eigenvalue weighted by Crippen LogP contribution is 2.15. The molecule has 26 heavy (non-hydrogen) atoms. The molecule has 2 heterocycles. The Labute approximate surface area is 151 Å². The van der Waals surface area contributed by atoms with Crippen LogP contribution in [0.5, 0.6) is 0 Å². The van der Waals surface area contributed by atoms with Crippen LogP contribution < -0.4 is 5.32 Å². The van der Waals surface area contributed by atoms with E-state index in [1.54, 1.807) is 60.9 Å². The smallest absolute Gasteiger partial charge is 0.254 e. The molecule has 3 rings (SSSR count). The van der Waals surface area contributed by atoms with Gasteiger partial charge in [0.25, 0.3) is 11.8 Å². The molecule has 0 unspecified atom stereocenters. The maximum Gasteiger partial charge on any atom is 0.254 e. The summed E-state index contributed by atoms with van der Waals surface area (Å²) < 4.78 is 5.39. The van der Waals surface area contributed by atoms with Gasteiger partial charge in [-0.2, -0.15) is 0 Å². The van der Waals surface area contributed by atoms with E-state index in [1.165, 1.54) is 0 Å². The number of benzene rings is 1. The van der Waals surface area contributed by atoms with Gasteiger partial charge in [-0.25, -0.2) is 0 Å². The maximum absolute atomic E-state index is 12.9. The SMILES string of the molecule is CNC(=O)c1ccc(CN(Cc2ccco2)C(=O)c2ccncc2)cc1. The summed E-state index contributed by atoms with van der Waals surface area (Å²) in [5.41, 5.74) is 2.06. The summed E-state index contributed by atoms with van der Waals surface area (Å²) >= 11 is 0. The van der Waals surface area contributed by atoms with Crippen LogP contribution in [-0.4, -0.2) is 28.7 Å². The zero-order chi connectivity index (χ0) is 18.4. The van der Waals surface area contributed by atoms with E-state index in [1.807, 2.05) is 18.2 Å². The number of amides is 2. The Hall–Kier alpha value is -3.41. The minimum absolute atomic E-state index is 0.112. The first-order valence-corrected chi connectivity index (χ1v) is 8.20. The highest BCUT2D eigenvalue weighted by atomic mass is 16.3. The molecule has 132 valence electrons. The van der Waals surface area contributed by atoms with Crippen molar-refractivity contribution >= 4 is 11.8 Å². The fraction of sp³-hybridized carbons (Fsp3) is 0.150. The van der Waals surface area contributed by atoms with E-state index in [0.29, 0.717) is 30.0 Å². The summed E-state index contributed by atoms with van der Waals surface area (Å²) in [6.45, 7) is 0.751. The second kappa shape index (κ2) is 8.11. The van der Waals surface area contributed by atoms with Gasteiger partial charge < -0.3 is 14.6 Å². The van der Waals surface area contributed by atoms with Crippen molar-refractivity contribution in [3.8, 4) is 0 Å². The molecule has 0 fully saturated rings. The Balaban J connectivity index is 1.81. The summed E-state index contributed by atoms with van der Waals surface area (Å²) in [6.07, 6.45) is 4.77. The molecular weight excluding hydrogens is 330 g/mol. The van der Waals surface area contributed by atoms with Gasteiger partial charge >= 0.3 is 0 Å². The number of nitrogens with one attached hydrogen (secondary N) is 1. The second-order valence-corrected chi connectivity index (χ2v) is 5.75. The van der Waals surface area contributed by atoms with Gasteiger partial charge in [0, 0.05) is 37.1 Å². The molecular formula is C20H19N3O3. The van der Waals surface area contributed by atoms with Crippen molar-refractivity contribution in [2.24, 2.45) is 0 Å². The van der Waals surface area contributed by atoms with Gasteiger partial charge in [-0.3, -0.25) is 14.6 Å². The molecule has 0 atom stereocenters. The maximum atomic E-state index is 12.9. The molecule has 0 radical (unpaired) electrons. The van der Waals surface area contributed by atoms with Crippen molar-refractivity contribution in [2.75, 3.05) is 7.05 Å². The molecule has 0 saturated heterocycles. The lowest BCUT2D eigenvalue weighted by Crippen LogP contribution is -2.30. The molecule has 2 amide bonds. The van der Waals surface area contributed by atoms with Crippen LogP contribution in [0.1, 0.15) is 32.0 Å². The van der Waals surface area contributed by atoms with E-state index >= 15 is 0 Å². The second-order valence-electron chi connectivity index (χ2n) is 5.75. The molecule has 3 aromatic rings. The fourth-order valence-electron chi connectivity index (χ4n) is 2.59. The van der Waals surface area contributed by atoms with E-state index in [0.717, 1.165) is 5.56 Å². The highest BCUT2D eigenvalue weighted by Gasteiger charge is 2.18. The first-order valence-electron chi connectivity index (χ1n) is 8.20. The van der Waals surface area contributed by atoms with Crippen LogP contribution in [0.25, 0.3) is 0 Å². The van der Waals surface area contributed by atoms with Gasteiger partial charge in [-0.1, -0.05) is 12.1 Å². The number of pyridine rings is 1. The average Bonchev–Trinajstić information content (AvgIpc) is 3.20. The Bertz CT molecular complexity index is 859. The zero-order valence-corrected chi connectivity index (χ0v) is 14.4. The van der Waals surface area contributed by atoms with Crippen molar-refractivity contribution in [1.82, 2.24) is 15.2 Å². The summed E-state index contributed by atoms with van der Waals surface area (Å²) in [6, 6.07) is 14.2. The van der Waals surface area contributed by atoms with Crippen molar-refractivity contribution < 1.29 is 14.0 Å². The molecule has 0 aliphatic rings. The van der Waals surface area contributed by atoms with Crippen LogP contribution in [-0.2, 0) is 13.1 Å². The molecule has 0 saturated carbocycles. The Morgan fingerprint density at radius 1 is 1.00 bits per heavy atom. The van der Waals surface area contributed by atoms with Crippen LogP contribution in [0.3, 0.4) is 0 Å². The summed E-state index contributed by atoms with van der Waals surface area (Å²) in [5, 5.41) is 2.59. The molecule has 1 aromatic carbocycles. The van der Waals surface area contributed by atoms with Crippen LogP contribution >= 0.6 is 0 Å². The molecule has 0 aliphatic heterocycles. The largest absolute Gasteiger partial charge is 0.467 e. The number of nitrogens with zero attached hydrogens (tertiary/aromatic N) is 2. The summed E-state index contributed by atoms with van der Waals surface area (Å²) in [4.78, 5) is 30.2. The fourth-order valence-corrected chi connectivity index (χ4v) is 2.59. The molecule has 0 bridgehead atoms. The van der Waals surface area contributed by atoms with Crippen LogP contribution in [0.2, 0.25) is 0 Å². The third-order valence-corrected chi connectivity index (χ3v) is 3.96. The number of aromatic nitrogens is 1. The molecule has 2 aromatic heterocycles. The average molecular weight is 349 g/mol. The van der Waals surface area contributed by atoms with Gasteiger partial charge in [0.15, 0.2) is 0 Å². The monoisotopic (exact) mass is 349 g/mol. The number of rotatable bonds is 6. The third kappa shape index (κ3) is 4.16. The Morgan fingerprint density at radius 2 is 1.73 bits per heavy atom. The number of carbonyl (C=O) groups excluding carboxylic acids is 2.